The fourth-order valence-electron chi connectivity index (χ4n) is 2.37. The van der Waals surface area contributed by atoms with Gasteiger partial charge < -0.3 is 15.0 Å². The van der Waals surface area contributed by atoms with Gasteiger partial charge in [-0.05, 0) is 32.0 Å². The number of ether oxygens (including phenoxy) is 1. The molecule has 0 amide bonds. The van der Waals surface area contributed by atoms with E-state index in [1.807, 2.05) is 7.05 Å². The Labute approximate surface area is 104 Å². The highest BCUT2D eigenvalue weighted by Crippen LogP contribution is 2.22. The van der Waals surface area contributed by atoms with Crippen molar-refractivity contribution in [2.24, 2.45) is 0 Å². The smallest absolute Gasteiger partial charge is 0.0721 e. The molecule has 3 heteroatoms. The van der Waals surface area contributed by atoms with E-state index in [9.17, 15) is 0 Å². The van der Waals surface area contributed by atoms with E-state index in [1.165, 1.54) is 11.3 Å². The van der Waals surface area contributed by atoms with Crippen LogP contribution in [-0.2, 0) is 11.3 Å². The third kappa shape index (κ3) is 3.20. The number of para-hydroxylation sites is 1. The SMILES string of the molecule is CNCc1ccccc1N1CCCOC(C)C1. The van der Waals surface area contributed by atoms with Gasteiger partial charge in [-0.2, -0.15) is 0 Å². The van der Waals surface area contributed by atoms with Crippen LogP contribution in [0.15, 0.2) is 24.3 Å². The first kappa shape index (κ1) is 12.4. The highest BCUT2D eigenvalue weighted by Gasteiger charge is 2.17. The van der Waals surface area contributed by atoms with Crippen molar-refractivity contribution < 1.29 is 4.74 Å². The highest BCUT2D eigenvalue weighted by atomic mass is 16.5. The van der Waals surface area contributed by atoms with E-state index >= 15 is 0 Å². The van der Waals surface area contributed by atoms with Gasteiger partial charge in [-0.15, -0.1) is 0 Å². The minimum absolute atomic E-state index is 0.320. The van der Waals surface area contributed by atoms with E-state index < -0.39 is 0 Å². The van der Waals surface area contributed by atoms with Gasteiger partial charge in [0.15, 0.2) is 0 Å². The van der Waals surface area contributed by atoms with Gasteiger partial charge in [0.1, 0.15) is 0 Å². The van der Waals surface area contributed by atoms with Crippen LogP contribution in [0.25, 0.3) is 0 Å². The van der Waals surface area contributed by atoms with Gasteiger partial charge >= 0.3 is 0 Å². The molecule has 1 aromatic rings. The quantitative estimate of drug-likeness (QED) is 0.866. The van der Waals surface area contributed by atoms with E-state index in [1.54, 1.807) is 0 Å². The summed E-state index contributed by atoms with van der Waals surface area (Å²) >= 11 is 0. The highest BCUT2D eigenvalue weighted by molar-refractivity contribution is 5.53. The number of benzene rings is 1. The number of rotatable bonds is 3. The van der Waals surface area contributed by atoms with Gasteiger partial charge in [0.25, 0.3) is 0 Å². The Hall–Kier alpha value is -1.06. The predicted octanol–water partition coefficient (Wildman–Crippen LogP) is 2.02. The Kier molecular flexibility index (Phi) is 4.40. The lowest BCUT2D eigenvalue weighted by Crippen LogP contribution is -2.31. The minimum atomic E-state index is 0.320. The first-order valence-electron chi connectivity index (χ1n) is 6.40. The third-order valence-corrected chi connectivity index (χ3v) is 3.15. The van der Waals surface area contributed by atoms with Crippen molar-refractivity contribution in [3.63, 3.8) is 0 Å². The molecule has 1 unspecified atom stereocenters. The molecule has 1 aromatic carbocycles. The average Bonchev–Trinajstić information content (AvgIpc) is 2.55. The summed E-state index contributed by atoms with van der Waals surface area (Å²) in [4.78, 5) is 2.45. The lowest BCUT2D eigenvalue weighted by molar-refractivity contribution is 0.0821. The van der Waals surface area contributed by atoms with Crippen molar-refractivity contribution >= 4 is 5.69 Å². The summed E-state index contributed by atoms with van der Waals surface area (Å²) in [5, 5.41) is 3.23. The van der Waals surface area contributed by atoms with Gasteiger partial charge in [-0.1, -0.05) is 18.2 Å². The second-order valence-corrected chi connectivity index (χ2v) is 4.64. The van der Waals surface area contributed by atoms with Crippen molar-refractivity contribution in [2.75, 3.05) is 31.6 Å². The van der Waals surface area contributed by atoms with Crippen LogP contribution < -0.4 is 10.2 Å². The zero-order chi connectivity index (χ0) is 12.1. The van der Waals surface area contributed by atoms with Crippen LogP contribution in [0, 0.1) is 0 Å². The molecule has 1 aliphatic heterocycles. The van der Waals surface area contributed by atoms with Crippen LogP contribution in [0.3, 0.4) is 0 Å². The van der Waals surface area contributed by atoms with Crippen LogP contribution in [0.2, 0.25) is 0 Å². The molecular formula is C14H22N2O. The summed E-state index contributed by atoms with van der Waals surface area (Å²) in [5.41, 5.74) is 2.71. The van der Waals surface area contributed by atoms with Crippen LogP contribution in [-0.4, -0.2) is 32.8 Å². The molecule has 2 rings (SSSR count). The second-order valence-electron chi connectivity index (χ2n) is 4.64. The van der Waals surface area contributed by atoms with Gasteiger partial charge in [0.05, 0.1) is 6.10 Å². The van der Waals surface area contributed by atoms with Gasteiger partial charge in [0.2, 0.25) is 0 Å². The second kappa shape index (κ2) is 6.03. The fourth-order valence-corrected chi connectivity index (χ4v) is 2.37. The Morgan fingerprint density at radius 1 is 1.41 bits per heavy atom. The molecule has 1 fully saturated rings. The predicted molar refractivity (Wildman–Crippen MR) is 71.4 cm³/mol. The Balaban J connectivity index is 2.19. The molecule has 1 N–H and O–H groups in total. The van der Waals surface area contributed by atoms with Crippen LogP contribution in [0.1, 0.15) is 18.9 Å². The maximum Gasteiger partial charge on any atom is 0.0721 e. The molecule has 1 atom stereocenters. The summed E-state index contributed by atoms with van der Waals surface area (Å²) in [6.45, 7) is 6.03. The van der Waals surface area contributed by atoms with Gasteiger partial charge in [0, 0.05) is 31.9 Å². The molecule has 0 radical (unpaired) electrons. The van der Waals surface area contributed by atoms with Crippen molar-refractivity contribution in [1.29, 1.82) is 0 Å². The van der Waals surface area contributed by atoms with Crippen molar-refractivity contribution in [2.45, 2.75) is 26.0 Å². The minimum Gasteiger partial charge on any atom is -0.377 e. The molecule has 94 valence electrons. The first-order valence-corrected chi connectivity index (χ1v) is 6.40. The summed E-state index contributed by atoms with van der Waals surface area (Å²) in [7, 11) is 1.99. The zero-order valence-electron chi connectivity index (χ0n) is 10.8. The van der Waals surface area contributed by atoms with E-state index in [2.05, 4.69) is 41.4 Å². The molecule has 0 spiro atoms. The van der Waals surface area contributed by atoms with Gasteiger partial charge in [-0.25, -0.2) is 0 Å². The van der Waals surface area contributed by atoms with Crippen molar-refractivity contribution in [3.8, 4) is 0 Å². The summed E-state index contributed by atoms with van der Waals surface area (Å²) in [6.07, 6.45) is 1.43. The molecule has 17 heavy (non-hydrogen) atoms. The van der Waals surface area contributed by atoms with E-state index in [0.29, 0.717) is 6.10 Å². The molecular weight excluding hydrogens is 212 g/mol. The zero-order valence-corrected chi connectivity index (χ0v) is 10.8. The molecule has 1 aliphatic rings. The number of hydrogen-bond acceptors (Lipinski definition) is 3. The van der Waals surface area contributed by atoms with Crippen LogP contribution in [0.4, 0.5) is 5.69 Å². The maximum absolute atomic E-state index is 5.70. The number of hydrogen-bond donors (Lipinski definition) is 1. The number of nitrogens with one attached hydrogen (secondary N) is 1. The van der Waals surface area contributed by atoms with E-state index in [-0.39, 0.29) is 0 Å². The lowest BCUT2D eigenvalue weighted by atomic mass is 10.1. The molecule has 0 saturated carbocycles. The summed E-state index contributed by atoms with van der Waals surface area (Å²) in [5.74, 6) is 0. The maximum atomic E-state index is 5.70. The Morgan fingerprint density at radius 3 is 3.06 bits per heavy atom. The molecule has 3 nitrogen and oxygen atoms in total. The number of anilines is 1. The average molecular weight is 234 g/mol. The number of nitrogens with zero attached hydrogens (tertiary/aromatic N) is 1. The topological polar surface area (TPSA) is 24.5 Å². The molecule has 1 heterocycles. The molecule has 0 bridgehead atoms. The summed E-state index contributed by atoms with van der Waals surface area (Å²) in [6, 6.07) is 8.63. The fraction of sp³-hybridized carbons (Fsp3) is 0.571. The Bertz CT molecular complexity index is 354. The first-order chi connectivity index (χ1) is 8.31. The van der Waals surface area contributed by atoms with Crippen molar-refractivity contribution in [3.05, 3.63) is 29.8 Å². The van der Waals surface area contributed by atoms with E-state index in [0.717, 1.165) is 32.7 Å². The largest absolute Gasteiger partial charge is 0.377 e. The normalized spacial score (nSPS) is 21.3. The van der Waals surface area contributed by atoms with Gasteiger partial charge in [-0.3, -0.25) is 0 Å². The molecule has 1 saturated heterocycles. The lowest BCUT2D eigenvalue weighted by Gasteiger charge is -2.26. The monoisotopic (exact) mass is 234 g/mol. The van der Waals surface area contributed by atoms with Crippen LogP contribution >= 0.6 is 0 Å². The Morgan fingerprint density at radius 2 is 2.24 bits per heavy atom. The standard InChI is InChI=1S/C14H22N2O/c1-12-11-16(8-5-9-17-12)14-7-4-3-6-13(14)10-15-2/h3-4,6-7,12,15H,5,8-11H2,1-2H3. The van der Waals surface area contributed by atoms with Crippen LogP contribution in [0.5, 0.6) is 0 Å². The third-order valence-electron chi connectivity index (χ3n) is 3.15. The molecule has 0 aromatic heterocycles. The summed E-state index contributed by atoms with van der Waals surface area (Å²) < 4.78 is 5.70. The molecule has 0 aliphatic carbocycles. The van der Waals surface area contributed by atoms with Crippen molar-refractivity contribution in [1.82, 2.24) is 5.32 Å². The van der Waals surface area contributed by atoms with E-state index in [4.69, 9.17) is 4.74 Å².